The number of hydrogen-bond donors (Lipinski definition) is 3. The largest absolute Gasteiger partial charge is 0.494 e. The third kappa shape index (κ3) is 3.69. The van der Waals surface area contributed by atoms with Crippen LogP contribution in [0.4, 0.5) is 23.0 Å². The topological polar surface area (TPSA) is 118 Å². The van der Waals surface area contributed by atoms with Gasteiger partial charge in [-0.15, -0.1) is 0 Å². The first kappa shape index (κ1) is 19.5. The summed E-state index contributed by atoms with van der Waals surface area (Å²) in [6, 6.07) is 11.6. The average Bonchev–Trinajstić information content (AvgIpc) is 3.42. The first-order valence-corrected chi connectivity index (χ1v) is 9.94. The van der Waals surface area contributed by atoms with Crippen molar-refractivity contribution in [3.8, 4) is 17.1 Å². The highest BCUT2D eigenvalue weighted by atomic mass is 16.5. The Morgan fingerprint density at radius 3 is 2.69 bits per heavy atom. The lowest BCUT2D eigenvalue weighted by Crippen LogP contribution is -2.01. The molecule has 1 aromatic carbocycles. The number of hydrogen-bond acceptors (Lipinski definition) is 8. The predicted octanol–water partition coefficient (Wildman–Crippen LogP) is 3.95. The van der Waals surface area contributed by atoms with Gasteiger partial charge >= 0.3 is 0 Å². The highest BCUT2D eigenvalue weighted by Gasteiger charge is 2.16. The zero-order valence-corrected chi connectivity index (χ0v) is 17.8. The zero-order chi connectivity index (χ0) is 22.1. The molecule has 0 fully saturated rings. The van der Waals surface area contributed by atoms with E-state index in [4.69, 9.17) is 4.74 Å². The van der Waals surface area contributed by atoms with Gasteiger partial charge in [0, 0.05) is 19.3 Å². The monoisotopic (exact) mass is 427 g/mol. The molecule has 0 amide bonds. The van der Waals surface area contributed by atoms with Gasteiger partial charge in [0.2, 0.25) is 0 Å². The van der Waals surface area contributed by atoms with Crippen LogP contribution >= 0.6 is 0 Å². The number of aromatic amines is 1. The first-order valence-electron chi connectivity index (χ1n) is 9.94. The third-order valence-electron chi connectivity index (χ3n) is 4.90. The smallest absolute Gasteiger partial charge is 0.184 e. The highest BCUT2D eigenvalue weighted by molar-refractivity contribution is 5.91. The van der Waals surface area contributed by atoms with Gasteiger partial charge in [0.15, 0.2) is 17.2 Å². The van der Waals surface area contributed by atoms with Crippen molar-refractivity contribution in [2.75, 3.05) is 17.7 Å². The van der Waals surface area contributed by atoms with E-state index < -0.39 is 0 Å². The normalized spacial score (nSPS) is 11.0. The number of anilines is 4. The van der Waals surface area contributed by atoms with Gasteiger partial charge in [-0.2, -0.15) is 5.10 Å². The van der Waals surface area contributed by atoms with Crippen LogP contribution in [0.3, 0.4) is 0 Å². The van der Waals surface area contributed by atoms with E-state index in [1.165, 1.54) is 0 Å². The average molecular weight is 427 g/mol. The molecule has 4 aromatic heterocycles. The SMILES string of the molecule is COc1c(Nc2cc(Nc3cc(C)ccn3)nc3nc[nH]c23)cccc1-c1ncn(C)n1. The minimum Gasteiger partial charge on any atom is -0.494 e. The molecule has 4 heterocycles. The minimum atomic E-state index is 0.576. The predicted molar refractivity (Wildman–Crippen MR) is 122 cm³/mol. The maximum absolute atomic E-state index is 5.73. The molecule has 3 N–H and O–H groups in total. The Balaban J connectivity index is 1.55. The maximum atomic E-state index is 5.73. The van der Waals surface area contributed by atoms with Crippen molar-refractivity contribution in [3.05, 3.63) is 60.8 Å². The van der Waals surface area contributed by atoms with Crippen molar-refractivity contribution in [2.45, 2.75) is 6.92 Å². The summed E-state index contributed by atoms with van der Waals surface area (Å²) in [4.78, 5) is 20.8. The van der Waals surface area contributed by atoms with Gasteiger partial charge < -0.3 is 20.4 Å². The number of imidazole rings is 1. The van der Waals surface area contributed by atoms with Gasteiger partial charge in [-0.25, -0.2) is 19.9 Å². The zero-order valence-electron chi connectivity index (χ0n) is 17.8. The molecular formula is C22H21N9O. The van der Waals surface area contributed by atoms with E-state index in [0.29, 0.717) is 28.9 Å². The highest BCUT2D eigenvalue weighted by Crippen LogP contribution is 2.37. The Bertz CT molecular complexity index is 1410. The standard InChI is InChI=1S/C22H21N9O/c1-13-7-8-23-17(9-13)28-18-10-16(19-22(29-18)25-11-24-19)27-15-6-4-5-14(20(15)32-3)21-26-12-31(2)30-21/h4-12H,1-3H3,(H3,23,24,25,27,28,29). The molecular weight excluding hydrogens is 406 g/mol. The molecule has 0 atom stereocenters. The number of methoxy groups -OCH3 is 1. The van der Waals surface area contributed by atoms with Crippen LogP contribution in [0.5, 0.6) is 5.75 Å². The molecule has 0 radical (unpaired) electrons. The van der Waals surface area contributed by atoms with E-state index >= 15 is 0 Å². The molecule has 0 aliphatic carbocycles. The Morgan fingerprint density at radius 2 is 1.91 bits per heavy atom. The van der Waals surface area contributed by atoms with E-state index in [-0.39, 0.29) is 0 Å². The lowest BCUT2D eigenvalue weighted by atomic mass is 10.1. The molecule has 160 valence electrons. The summed E-state index contributed by atoms with van der Waals surface area (Å²) in [5.74, 6) is 2.55. The maximum Gasteiger partial charge on any atom is 0.184 e. The van der Waals surface area contributed by atoms with E-state index in [1.807, 2.05) is 50.4 Å². The fourth-order valence-electron chi connectivity index (χ4n) is 3.46. The summed E-state index contributed by atoms with van der Waals surface area (Å²) in [5.41, 5.74) is 4.79. The van der Waals surface area contributed by atoms with Gasteiger partial charge in [0.1, 0.15) is 23.5 Å². The van der Waals surface area contributed by atoms with Crippen molar-refractivity contribution in [1.29, 1.82) is 0 Å². The third-order valence-corrected chi connectivity index (χ3v) is 4.90. The van der Waals surface area contributed by atoms with Crippen molar-refractivity contribution >= 4 is 34.2 Å². The van der Waals surface area contributed by atoms with E-state index in [0.717, 1.165) is 28.0 Å². The second-order valence-electron chi connectivity index (χ2n) is 7.25. The molecule has 0 aliphatic heterocycles. The Morgan fingerprint density at radius 1 is 1.00 bits per heavy atom. The summed E-state index contributed by atoms with van der Waals surface area (Å²) in [6.07, 6.45) is 5.03. The van der Waals surface area contributed by atoms with Crippen molar-refractivity contribution in [3.63, 3.8) is 0 Å². The van der Waals surface area contributed by atoms with Crippen LogP contribution in [0.15, 0.2) is 55.2 Å². The Kier molecular flexibility index (Phi) is 4.86. The molecule has 0 aliphatic rings. The number of rotatable bonds is 6. The lowest BCUT2D eigenvalue weighted by Gasteiger charge is -2.15. The molecule has 0 unspecified atom stereocenters. The number of pyridine rings is 2. The van der Waals surface area contributed by atoms with E-state index in [9.17, 15) is 0 Å². The molecule has 0 saturated heterocycles. The van der Waals surface area contributed by atoms with Crippen LogP contribution in [0.1, 0.15) is 5.56 Å². The number of ether oxygens (including phenoxy) is 1. The number of nitrogens with zero attached hydrogens (tertiary/aromatic N) is 6. The van der Waals surface area contributed by atoms with Crippen molar-refractivity contribution in [1.82, 2.24) is 34.7 Å². The van der Waals surface area contributed by atoms with Crippen LogP contribution in [0, 0.1) is 6.92 Å². The van der Waals surface area contributed by atoms with Crippen molar-refractivity contribution < 1.29 is 4.74 Å². The van der Waals surface area contributed by atoms with Crippen LogP contribution in [0.25, 0.3) is 22.6 Å². The van der Waals surface area contributed by atoms with Crippen LogP contribution in [-0.4, -0.2) is 41.8 Å². The number of nitrogens with one attached hydrogen (secondary N) is 3. The molecule has 32 heavy (non-hydrogen) atoms. The number of aromatic nitrogens is 7. The number of fused-ring (bicyclic) bond motifs is 1. The number of benzene rings is 1. The quantitative estimate of drug-likeness (QED) is 0.373. The van der Waals surface area contributed by atoms with Crippen molar-refractivity contribution in [2.24, 2.45) is 7.05 Å². The first-order chi connectivity index (χ1) is 15.6. The summed E-state index contributed by atoms with van der Waals surface area (Å²) < 4.78 is 7.38. The molecule has 0 bridgehead atoms. The molecule has 10 heteroatoms. The van der Waals surface area contributed by atoms with Crippen LogP contribution in [0.2, 0.25) is 0 Å². The van der Waals surface area contributed by atoms with Gasteiger partial charge in [0.05, 0.1) is 30.4 Å². The summed E-state index contributed by atoms with van der Waals surface area (Å²) in [6.45, 7) is 2.01. The second-order valence-corrected chi connectivity index (χ2v) is 7.25. The van der Waals surface area contributed by atoms with Gasteiger partial charge in [-0.05, 0) is 36.8 Å². The fraction of sp³-hybridized carbons (Fsp3) is 0.136. The fourth-order valence-corrected chi connectivity index (χ4v) is 3.46. The Hall–Kier alpha value is -4.47. The number of aryl methyl sites for hydroxylation is 2. The van der Waals surface area contributed by atoms with E-state index in [2.05, 4.69) is 40.7 Å². The molecule has 5 rings (SSSR count). The molecule has 10 nitrogen and oxygen atoms in total. The lowest BCUT2D eigenvalue weighted by molar-refractivity contribution is 0.418. The number of para-hydroxylation sites is 1. The van der Waals surface area contributed by atoms with E-state index in [1.54, 1.807) is 30.6 Å². The second kappa shape index (κ2) is 7.99. The van der Waals surface area contributed by atoms with Gasteiger partial charge in [-0.1, -0.05) is 6.07 Å². The van der Waals surface area contributed by atoms with Gasteiger partial charge in [0.25, 0.3) is 0 Å². The van der Waals surface area contributed by atoms with Gasteiger partial charge in [-0.3, -0.25) is 4.68 Å². The summed E-state index contributed by atoms with van der Waals surface area (Å²) in [5, 5.41) is 11.1. The Labute approximate surface area is 183 Å². The summed E-state index contributed by atoms with van der Waals surface area (Å²) in [7, 11) is 3.45. The summed E-state index contributed by atoms with van der Waals surface area (Å²) >= 11 is 0. The van der Waals surface area contributed by atoms with Crippen LogP contribution in [-0.2, 0) is 7.05 Å². The minimum absolute atomic E-state index is 0.576. The number of H-pyrrole nitrogens is 1. The molecule has 5 aromatic rings. The van der Waals surface area contributed by atoms with Crippen LogP contribution < -0.4 is 15.4 Å². The molecule has 0 spiro atoms. The molecule has 0 saturated carbocycles.